The molecule has 18 heavy (non-hydrogen) atoms. The van der Waals surface area contributed by atoms with Crippen LogP contribution in [0.2, 0.25) is 0 Å². The van der Waals surface area contributed by atoms with Crippen LogP contribution in [0.25, 0.3) is 0 Å². The van der Waals surface area contributed by atoms with Crippen LogP contribution in [-0.4, -0.2) is 7.05 Å². The molecule has 0 saturated carbocycles. The second-order valence-corrected chi connectivity index (χ2v) is 4.83. The molecule has 0 fully saturated rings. The van der Waals surface area contributed by atoms with Crippen molar-refractivity contribution in [1.82, 2.24) is 0 Å². The van der Waals surface area contributed by atoms with Crippen LogP contribution in [0.1, 0.15) is 16.7 Å². The van der Waals surface area contributed by atoms with Crippen molar-refractivity contribution in [3.8, 4) is 0 Å². The Hall–Kier alpha value is -1.96. The highest BCUT2D eigenvalue weighted by atomic mass is 15.1. The third-order valence-corrected chi connectivity index (χ3v) is 3.30. The molecule has 94 valence electrons. The van der Waals surface area contributed by atoms with Gasteiger partial charge in [0.15, 0.2) is 0 Å². The maximum absolute atomic E-state index is 5.95. The highest BCUT2D eigenvalue weighted by Crippen LogP contribution is 2.24. The first kappa shape index (κ1) is 12.5. The number of rotatable bonds is 3. The van der Waals surface area contributed by atoms with Gasteiger partial charge in [-0.2, -0.15) is 0 Å². The summed E-state index contributed by atoms with van der Waals surface area (Å²) in [5.74, 6) is 0. The zero-order valence-corrected chi connectivity index (χ0v) is 11.3. The van der Waals surface area contributed by atoms with Crippen LogP contribution >= 0.6 is 0 Å². The van der Waals surface area contributed by atoms with Gasteiger partial charge in [0, 0.05) is 25.0 Å². The maximum Gasteiger partial charge on any atom is 0.0426 e. The Morgan fingerprint density at radius 2 is 1.67 bits per heavy atom. The van der Waals surface area contributed by atoms with Gasteiger partial charge in [0.1, 0.15) is 0 Å². The average Bonchev–Trinajstić information content (AvgIpc) is 2.35. The van der Waals surface area contributed by atoms with Gasteiger partial charge in [-0.1, -0.05) is 35.9 Å². The number of hydrogen-bond donors (Lipinski definition) is 1. The maximum atomic E-state index is 5.95. The van der Waals surface area contributed by atoms with Crippen molar-refractivity contribution in [3.05, 3.63) is 59.2 Å². The van der Waals surface area contributed by atoms with Crippen LogP contribution in [0.3, 0.4) is 0 Å². The lowest BCUT2D eigenvalue weighted by Gasteiger charge is -2.22. The first-order valence-electron chi connectivity index (χ1n) is 6.19. The Morgan fingerprint density at radius 3 is 2.33 bits per heavy atom. The lowest BCUT2D eigenvalue weighted by Crippen LogP contribution is -2.17. The molecule has 0 radical (unpaired) electrons. The monoisotopic (exact) mass is 240 g/mol. The van der Waals surface area contributed by atoms with Gasteiger partial charge in [0.05, 0.1) is 0 Å². The normalized spacial score (nSPS) is 10.4. The molecule has 0 aliphatic carbocycles. The molecule has 2 N–H and O–H groups in total. The SMILES string of the molecule is Cc1ccc(CN(C)c2cccc(N)c2C)cc1. The van der Waals surface area contributed by atoms with Gasteiger partial charge in [0.2, 0.25) is 0 Å². The molecular weight excluding hydrogens is 220 g/mol. The predicted octanol–water partition coefficient (Wildman–Crippen LogP) is 3.52. The van der Waals surface area contributed by atoms with Gasteiger partial charge in [-0.3, -0.25) is 0 Å². The van der Waals surface area contributed by atoms with Crippen molar-refractivity contribution in [3.63, 3.8) is 0 Å². The van der Waals surface area contributed by atoms with Crippen LogP contribution in [0, 0.1) is 13.8 Å². The standard InChI is InChI=1S/C16H20N2/c1-12-7-9-14(10-8-12)11-18(3)16-6-4-5-15(17)13(16)2/h4-10H,11,17H2,1-3H3. The molecule has 2 aromatic rings. The molecule has 0 atom stereocenters. The second kappa shape index (κ2) is 5.13. The van der Waals surface area contributed by atoms with Crippen molar-refractivity contribution >= 4 is 11.4 Å². The molecule has 2 aromatic carbocycles. The lowest BCUT2D eigenvalue weighted by atomic mass is 10.1. The van der Waals surface area contributed by atoms with Gasteiger partial charge in [-0.15, -0.1) is 0 Å². The first-order valence-corrected chi connectivity index (χ1v) is 6.19. The largest absolute Gasteiger partial charge is 0.398 e. The van der Waals surface area contributed by atoms with Gasteiger partial charge < -0.3 is 10.6 Å². The fraction of sp³-hybridized carbons (Fsp3) is 0.250. The molecule has 0 heterocycles. The van der Waals surface area contributed by atoms with E-state index in [1.54, 1.807) is 0 Å². The zero-order chi connectivity index (χ0) is 13.1. The lowest BCUT2D eigenvalue weighted by molar-refractivity contribution is 0.917. The fourth-order valence-corrected chi connectivity index (χ4v) is 2.11. The third kappa shape index (κ3) is 2.65. The number of benzene rings is 2. The minimum atomic E-state index is 0.850. The summed E-state index contributed by atoms with van der Waals surface area (Å²) in [7, 11) is 2.10. The van der Waals surface area contributed by atoms with Gasteiger partial charge in [-0.05, 0) is 37.1 Å². The van der Waals surface area contributed by atoms with E-state index < -0.39 is 0 Å². The van der Waals surface area contributed by atoms with Gasteiger partial charge in [-0.25, -0.2) is 0 Å². The molecule has 0 amide bonds. The molecule has 0 unspecified atom stereocenters. The summed E-state index contributed by atoms with van der Waals surface area (Å²) in [6.45, 7) is 5.07. The number of hydrogen-bond acceptors (Lipinski definition) is 2. The molecule has 0 aliphatic heterocycles. The molecule has 2 heteroatoms. The molecule has 0 aliphatic rings. The minimum Gasteiger partial charge on any atom is -0.398 e. The van der Waals surface area contributed by atoms with Gasteiger partial charge in [0.25, 0.3) is 0 Å². The summed E-state index contributed by atoms with van der Waals surface area (Å²) < 4.78 is 0. The van der Waals surface area contributed by atoms with E-state index in [1.165, 1.54) is 16.8 Å². The number of nitrogen functional groups attached to an aromatic ring is 1. The summed E-state index contributed by atoms with van der Waals surface area (Å²) in [4.78, 5) is 2.23. The summed E-state index contributed by atoms with van der Waals surface area (Å²) in [5.41, 5.74) is 11.7. The number of anilines is 2. The summed E-state index contributed by atoms with van der Waals surface area (Å²) in [5, 5.41) is 0. The number of nitrogens with two attached hydrogens (primary N) is 1. The van der Waals surface area contributed by atoms with E-state index in [-0.39, 0.29) is 0 Å². The molecule has 0 spiro atoms. The highest BCUT2D eigenvalue weighted by Gasteiger charge is 2.06. The van der Waals surface area contributed by atoms with Crippen molar-refractivity contribution in [2.45, 2.75) is 20.4 Å². The third-order valence-electron chi connectivity index (χ3n) is 3.30. The van der Waals surface area contributed by atoms with Crippen molar-refractivity contribution in [1.29, 1.82) is 0 Å². The average molecular weight is 240 g/mol. The van der Waals surface area contributed by atoms with Crippen molar-refractivity contribution in [2.75, 3.05) is 17.7 Å². The first-order chi connectivity index (χ1) is 8.58. The van der Waals surface area contributed by atoms with Crippen molar-refractivity contribution < 1.29 is 0 Å². The van der Waals surface area contributed by atoms with E-state index in [0.29, 0.717) is 0 Å². The van der Waals surface area contributed by atoms with E-state index >= 15 is 0 Å². The van der Waals surface area contributed by atoms with Crippen LogP contribution in [0.5, 0.6) is 0 Å². The van der Waals surface area contributed by atoms with Crippen molar-refractivity contribution in [2.24, 2.45) is 0 Å². The van der Waals surface area contributed by atoms with Crippen LogP contribution < -0.4 is 10.6 Å². The molecule has 2 rings (SSSR count). The fourth-order valence-electron chi connectivity index (χ4n) is 2.11. The summed E-state index contributed by atoms with van der Waals surface area (Å²) in [6.07, 6.45) is 0. The minimum absolute atomic E-state index is 0.850. The van der Waals surface area contributed by atoms with Crippen LogP contribution in [-0.2, 0) is 6.54 Å². The van der Waals surface area contributed by atoms with Crippen LogP contribution in [0.4, 0.5) is 11.4 Å². The molecule has 0 bridgehead atoms. The van der Waals surface area contributed by atoms with E-state index in [4.69, 9.17) is 5.73 Å². The summed E-state index contributed by atoms with van der Waals surface area (Å²) >= 11 is 0. The quantitative estimate of drug-likeness (QED) is 0.832. The number of nitrogens with zero attached hydrogens (tertiary/aromatic N) is 1. The molecule has 2 nitrogen and oxygen atoms in total. The Labute approximate surface area is 109 Å². The molecular formula is C16H20N2. The predicted molar refractivity (Wildman–Crippen MR) is 78.9 cm³/mol. The Kier molecular flexibility index (Phi) is 3.56. The zero-order valence-electron chi connectivity index (χ0n) is 11.3. The van der Waals surface area contributed by atoms with Crippen LogP contribution in [0.15, 0.2) is 42.5 Å². The summed E-state index contributed by atoms with van der Waals surface area (Å²) in [6, 6.07) is 14.7. The highest BCUT2D eigenvalue weighted by molar-refractivity contribution is 5.63. The number of aryl methyl sites for hydroxylation is 1. The van der Waals surface area contributed by atoms with E-state index in [1.807, 2.05) is 12.1 Å². The molecule has 0 aromatic heterocycles. The second-order valence-electron chi connectivity index (χ2n) is 4.83. The Morgan fingerprint density at radius 1 is 1.00 bits per heavy atom. The topological polar surface area (TPSA) is 29.3 Å². The smallest absolute Gasteiger partial charge is 0.0426 e. The van der Waals surface area contributed by atoms with E-state index in [9.17, 15) is 0 Å². The van der Waals surface area contributed by atoms with Gasteiger partial charge >= 0.3 is 0 Å². The van der Waals surface area contributed by atoms with E-state index in [0.717, 1.165) is 17.8 Å². The Bertz CT molecular complexity index is 529. The molecule has 0 saturated heterocycles. The van der Waals surface area contributed by atoms with E-state index in [2.05, 4.69) is 56.1 Å². The Balaban J connectivity index is 2.19.